The molecule has 2 rings (SSSR count). The Hall–Kier alpha value is -1.69. The number of hydrogen-bond donors (Lipinski definition) is 1. The van der Waals surface area contributed by atoms with Crippen molar-refractivity contribution in [3.05, 3.63) is 46.4 Å². The van der Waals surface area contributed by atoms with Crippen LogP contribution in [-0.4, -0.2) is 15.7 Å². The molecule has 0 spiro atoms. The summed E-state index contributed by atoms with van der Waals surface area (Å²) in [5.41, 5.74) is 0.829. The molecule has 1 N–H and O–H groups in total. The first-order chi connectivity index (χ1) is 8.06. The molecule has 1 aromatic heterocycles. The fraction of sp³-hybridized carbons (Fsp3) is 0.0909. The number of hydrogen-bond acceptors (Lipinski definition) is 2. The van der Waals surface area contributed by atoms with Crippen LogP contribution in [0.4, 0.5) is 10.1 Å². The van der Waals surface area contributed by atoms with Crippen LogP contribution in [0.5, 0.6) is 0 Å². The van der Waals surface area contributed by atoms with Crippen LogP contribution < -0.4 is 5.32 Å². The van der Waals surface area contributed by atoms with Gasteiger partial charge in [0.05, 0.1) is 16.4 Å². The second-order valence-electron chi connectivity index (χ2n) is 3.49. The maximum atomic E-state index is 13.2. The Morgan fingerprint density at radius 2 is 2.29 bits per heavy atom. The van der Waals surface area contributed by atoms with Gasteiger partial charge in [0.1, 0.15) is 5.82 Å². The van der Waals surface area contributed by atoms with Gasteiger partial charge in [-0.05, 0) is 34.1 Å². The number of benzene rings is 1. The molecule has 1 amide bonds. The van der Waals surface area contributed by atoms with Crippen molar-refractivity contribution in [2.45, 2.75) is 0 Å². The number of anilines is 1. The van der Waals surface area contributed by atoms with Crippen LogP contribution in [0.1, 0.15) is 10.4 Å². The van der Waals surface area contributed by atoms with Crippen LogP contribution in [0.25, 0.3) is 0 Å². The fourth-order valence-electron chi connectivity index (χ4n) is 1.33. The molecule has 17 heavy (non-hydrogen) atoms. The molecule has 0 bridgehead atoms. The Labute approximate surface area is 106 Å². The SMILES string of the molecule is Cn1cc(NC(=O)c2ccc(Br)c(F)c2)cn1. The van der Waals surface area contributed by atoms with Crippen LogP contribution in [-0.2, 0) is 7.05 Å². The maximum absolute atomic E-state index is 13.2. The Kier molecular flexibility index (Phi) is 3.23. The smallest absolute Gasteiger partial charge is 0.255 e. The second-order valence-corrected chi connectivity index (χ2v) is 4.34. The predicted octanol–water partition coefficient (Wildman–Crippen LogP) is 2.57. The van der Waals surface area contributed by atoms with Crippen LogP contribution in [0.15, 0.2) is 35.1 Å². The summed E-state index contributed by atoms with van der Waals surface area (Å²) in [6.07, 6.45) is 3.18. The highest BCUT2D eigenvalue weighted by Crippen LogP contribution is 2.17. The number of aromatic nitrogens is 2. The largest absolute Gasteiger partial charge is 0.319 e. The number of amides is 1. The molecule has 88 valence electrons. The molecular formula is C11H9BrFN3O. The highest BCUT2D eigenvalue weighted by atomic mass is 79.9. The molecule has 0 aliphatic rings. The number of aryl methyl sites for hydroxylation is 1. The molecular weight excluding hydrogens is 289 g/mol. The summed E-state index contributed by atoms with van der Waals surface area (Å²) in [5.74, 6) is -0.840. The number of halogens is 2. The van der Waals surface area contributed by atoms with Crippen molar-refractivity contribution in [1.82, 2.24) is 9.78 Å². The van der Waals surface area contributed by atoms with Crippen molar-refractivity contribution >= 4 is 27.5 Å². The molecule has 0 radical (unpaired) electrons. The first kappa shape index (κ1) is 11.8. The van der Waals surface area contributed by atoms with Crippen molar-refractivity contribution in [1.29, 1.82) is 0 Å². The van der Waals surface area contributed by atoms with Crippen LogP contribution in [0.3, 0.4) is 0 Å². The zero-order valence-electron chi connectivity index (χ0n) is 8.95. The molecule has 1 aromatic carbocycles. The minimum absolute atomic E-state index is 0.259. The van der Waals surface area contributed by atoms with E-state index in [0.29, 0.717) is 10.2 Å². The van der Waals surface area contributed by atoms with E-state index in [1.807, 2.05) is 0 Å². The molecule has 0 unspecified atom stereocenters. The van der Waals surface area contributed by atoms with Gasteiger partial charge < -0.3 is 5.32 Å². The summed E-state index contributed by atoms with van der Waals surface area (Å²) >= 11 is 3.03. The number of nitrogens with one attached hydrogen (secondary N) is 1. The van der Waals surface area contributed by atoms with Gasteiger partial charge in [-0.25, -0.2) is 4.39 Å². The van der Waals surface area contributed by atoms with E-state index in [-0.39, 0.29) is 11.5 Å². The molecule has 0 atom stereocenters. The lowest BCUT2D eigenvalue weighted by atomic mass is 10.2. The van der Waals surface area contributed by atoms with Crippen LogP contribution in [0, 0.1) is 5.82 Å². The van der Waals surface area contributed by atoms with E-state index in [9.17, 15) is 9.18 Å². The highest BCUT2D eigenvalue weighted by Gasteiger charge is 2.09. The topological polar surface area (TPSA) is 46.9 Å². The quantitative estimate of drug-likeness (QED) is 0.926. The van der Waals surface area contributed by atoms with E-state index in [1.165, 1.54) is 18.3 Å². The minimum Gasteiger partial charge on any atom is -0.319 e. The summed E-state index contributed by atoms with van der Waals surface area (Å²) in [4.78, 5) is 11.8. The third-order valence-electron chi connectivity index (χ3n) is 2.14. The predicted molar refractivity (Wildman–Crippen MR) is 65.3 cm³/mol. The van der Waals surface area contributed by atoms with Crippen LogP contribution in [0.2, 0.25) is 0 Å². The second kappa shape index (κ2) is 4.67. The Bertz CT molecular complexity index is 568. The third-order valence-corrected chi connectivity index (χ3v) is 2.79. The van der Waals surface area contributed by atoms with Crippen molar-refractivity contribution in [3.63, 3.8) is 0 Å². The number of rotatable bonds is 2. The molecule has 0 saturated carbocycles. The lowest BCUT2D eigenvalue weighted by Gasteiger charge is -2.03. The zero-order chi connectivity index (χ0) is 12.4. The Balaban J connectivity index is 2.17. The van der Waals surface area contributed by atoms with E-state index < -0.39 is 5.82 Å². The van der Waals surface area contributed by atoms with Gasteiger partial charge in [-0.2, -0.15) is 5.10 Å². The number of carbonyl (C=O) groups is 1. The highest BCUT2D eigenvalue weighted by molar-refractivity contribution is 9.10. The standard InChI is InChI=1S/C11H9BrFN3O/c1-16-6-8(5-14-16)15-11(17)7-2-3-9(12)10(13)4-7/h2-6H,1H3,(H,15,17). The normalized spacial score (nSPS) is 10.3. The number of carbonyl (C=O) groups excluding carboxylic acids is 1. The summed E-state index contributed by atoms with van der Waals surface area (Å²) < 4.78 is 15.1. The summed E-state index contributed by atoms with van der Waals surface area (Å²) in [6.45, 7) is 0. The molecule has 0 aliphatic heterocycles. The molecule has 0 fully saturated rings. The zero-order valence-corrected chi connectivity index (χ0v) is 10.5. The lowest BCUT2D eigenvalue weighted by Crippen LogP contribution is -2.11. The van der Waals surface area contributed by atoms with E-state index >= 15 is 0 Å². The molecule has 6 heteroatoms. The lowest BCUT2D eigenvalue weighted by molar-refractivity contribution is 0.102. The first-order valence-corrected chi connectivity index (χ1v) is 5.60. The van der Waals surface area contributed by atoms with E-state index in [1.54, 1.807) is 24.0 Å². The molecule has 2 aromatic rings. The monoisotopic (exact) mass is 297 g/mol. The van der Waals surface area contributed by atoms with E-state index in [2.05, 4.69) is 26.3 Å². The van der Waals surface area contributed by atoms with Gasteiger partial charge in [0, 0.05) is 18.8 Å². The van der Waals surface area contributed by atoms with E-state index in [0.717, 1.165) is 0 Å². The summed E-state index contributed by atoms with van der Waals surface area (Å²) in [5, 5.41) is 6.54. The average Bonchev–Trinajstić information content (AvgIpc) is 2.68. The van der Waals surface area contributed by atoms with Gasteiger partial charge in [-0.1, -0.05) is 0 Å². The van der Waals surface area contributed by atoms with Gasteiger partial charge in [0.15, 0.2) is 0 Å². The summed E-state index contributed by atoms with van der Waals surface area (Å²) in [7, 11) is 1.74. The van der Waals surface area contributed by atoms with Gasteiger partial charge >= 0.3 is 0 Å². The Morgan fingerprint density at radius 3 is 2.88 bits per heavy atom. The first-order valence-electron chi connectivity index (χ1n) is 4.81. The maximum Gasteiger partial charge on any atom is 0.255 e. The van der Waals surface area contributed by atoms with Gasteiger partial charge in [0.25, 0.3) is 5.91 Å². The molecule has 1 heterocycles. The van der Waals surface area contributed by atoms with Crippen LogP contribution >= 0.6 is 15.9 Å². The number of nitrogens with zero attached hydrogens (tertiary/aromatic N) is 2. The average molecular weight is 298 g/mol. The minimum atomic E-state index is -0.469. The van der Waals surface area contributed by atoms with Gasteiger partial charge in [0.2, 0.25) is 0 Å². The van der Waals surface area contributed by atoms with Crippen molar-refractivity contribution in [2.75, 3.05) is 5.32 Å². The Morgan fingerprint density at radius 1 is 1.53 bits per heavy atom. The fourth-order valence-corrected chi connectivity index (χ4v) is 1.57. The van der Waals surface area contributed by atoms with Gasteiger partial charge in [-0.15, -0.1) is 0 Å². The molecule has 0 saturated heterocycles. The van der Waals surface area contributed by atoms with Crippen molar-refractivity contribution < 1.29 is 9.18 Å². The molecule has 4 nitrogen and oxygen atoms in total. The van der Waals surface area contributed by atoms with Crippen molar-refractivity contribution in [3.8, 4) is 0 Å². The van der Waals surface area contributed by atoms with Crippen molar-refractivity contribution in [2.24, 2.45) is 7.05 Å². The third kappa shape index (κ3) is 2.71. The van der Waals surface area contributed by atoms with E-state index in [4.69, 9.17) is 0 Å². The summed E-state index contributed by atoms with van der Waals surface area (Å²) in [6, 6.07) is 4.21. The van der Waals surface area contributed by atoms with Gasteiger partial charge in [-0.3, -0.25) is 9.48 Å². The molecule has 0 aliphatic carbocycles.